The summed E-state index contributed by atoms with van der Waals surface area (Å²) in [5, 5.41) is 3.31. The Morgan fingerprint density at radius 2 is 1.66 bits per heavy atom. The number of piperidine rings is 1. The molecule has 1 N–H and O–H groups in total. The fourth-order valence-corrected chi connectivity index (χ4v) is 5.20. The van der Waals surface area contributed by atoms with Gasteiger partial charge in [0.1, 0.15) is 0 Å². The average molecular weight is 515 g/mol. The van der Waals surface area contributed by atoms with Crippen LogP contribution in [0, 0.1) is 0 Å². The number of benzene rings is 2. The SMILES string of the molecule is O=C(CN1CCCCCOc2ccccc2Oc2ncccc2C1)NC1CCN(Cc2ccccc2)CC1. The van der Waals surface area contributed by atoms with E-state index in [1.165, 1.54) is 5.56 Å². The number of ether oxygens (including phenoxy) is 2. The zero-order valence-electron chi connectivity index (χ0n) is 22.1. The summed E-state index contributed by atoms with van der Waals surface area (Å²) in [4.78, 5) is 22.3. The van der Waals surface area contributed by atoms with Crippen LogP contribution in [0.25, 0.3) is 0 Å². The highest BCUT2D eigenvalue weighted by Crippen LogP contribution is 2.32. The van der Waals surface area contributed by atoms with Crippen molar-refractivity contribution in [3.63, 3.8) is 0 Å². The number of rotatable bonds is 5. The molecule has 1 aromatic heterocycles. The molecule has 7 nitrogen and oxygen atoms in total. The summed E-state index contributed by atoms with van der Waals surface area (Å²) in [5.41, 5.74) is 2.30. The van der Waals surface area contributed by atoms with Crippen molar-refractivity contribution in [1.29, 1.82) is 0 Å². The number of aromatic nitrogens is 1. The molecule has 200 valence electrons. The monoisotopic (exact) mass is 514 g/mol. The van der Waals surface area contributed by atoms with Crippen LogP contribution in [0.3, 0.4) is 0 Å². The van der Waals surface area contributed by atoms with Gasteiger partial charge < -0.3 is 14.8 Å². The first-order chi connectivity index (χ1) is 18.7. The van der Waals surface area contributed by atoms with E-state index in [1.807, 2.05) is 36.4 Å². The summed E-state index contributed by atoms with van der Waals surface area (Å²) in [6, 6.07) is 22.5. The van der Waals surface area contributed by atoms with Crippen LogP contribution in [-0.2, 0) is 17.9 Å². The maximum absolute atomic E-state index is 13.1. The lowest BCUT2D eigenvalue weighted by molar-refractivity contribution is -0.123. The maximum atomic E-state index is 13.1. The largest absolute Gasteiger partial charge is 0.490 e. The summed E-state index contributed by atoms with van der Waals surface area (Å²) in [6.07, 6.45) is 6.72. The Hall–Kier alpha value is -3.42. The van der Waals surface area contributed by atoms with Gasteiger partial charge in [-0.1, -0.05) is 48.5 Å². The summed E-state index contributed by atoms with van der Waals surface area (Å²) in [7, 11) is 0. The van der Waals surface area contributed by atoms with E-state index >= 15 is 0 Å². The number of likely N-dealkylation sites (tertiary alicyclic amines) is 1. The predicted octanol–water partition coefficient (Wildman–Crippen LogP) is 5.02. The minimum absolute atomic E-state index is 0.0934. The Kier molecular flexibility index (Phi) is 9.24. The molecule has 3 aromatic rings. The summed E-state index contributed by atoms with van der Waals surface area (Å²) < 4.78 is 12.2. The predicted molar refractivity (Wildman–Crippen MR) is 148 cm³/mol. The van der Waals surface area contributed by atoms with Crippen LogP contribution in [0.2, 0.25) is 0 Å². The van der Waals surface area contributed by atoms with Crippen molar-refractivity contribution in [3.8, 4) is 17.4 Å². The fourth-order valence-electron chi connectivity index (χ4n) is 5.20. The molecule has 0 radical (unpaired) electrons. The van der Waals surface area contributed by atoms with Gasteiger partial charge in [-0.25, -0.2) is 4.98 Å². The zero-order chi connectivity index (χ0) is 26.0. The molecule has 1 amide bonds. The molecule has 38 heavy (non-hydrogen) atoms. The molecular formula is C31H38N4O3. The number of carbonyl (C=O) groups is 1. The van der Waals surface area contributed by atoms with Crippen LogP contribution < -0.4 is 14.8 Å². The average Bonchev–Trinajstić information content (AvgIpc) is 2.95. The Morgan fingerprint density at radius 1 is 0.868 bits per heavy atom. The molecule has 2 aliphatic rings. The lowest BCUT2D eigenvalue weighted by Gasteiger charge is -2.33. The Balaban J connectivity index is 1.18. The fraction of sp³-hybridized carbons (Fsp3) is 0.419. The first kappa shape index (κ1) is 26.2. The van der Waals surface area contributed by atoms with Gasteiger partial charge in [0.15, 0.2) is 11.5 Å². The Labute approximate surface area is 225 Å². The van der Waals surface area contributed by atoms with Crippen molar-refractivity contribution in [2.75, 3.05) is 32.8 Å². The van der Waals surface area contributed by atoms with Gasteiger partial charge in [0.2, 0.25) is 11.8 Å². The number of amides is 1. The lowest BCUT2D eigenvalue weighted by Crippen LogP contribution is -2.47. The van der Waals surface area contributed by atoms with Crippen molar-refractivity contribution in [2.45, 2.75) is 51.2 Å². The van der Waals surface area contributed by atoms with E-state index in [9.17, 15) is 4.79 Å². The molecule has 1 fully saturated rings. The minimum atomic E-state index is 0.0934. The second kappa shape index (κ2) is 13.4. The molecule has 7 heteroatoms. The van der Waals surface area contributed by atoms with Gasteiger partial charge >= 0.3 is 0 Å². The van der Waals surface area contributed by atoms with E-state index in [1.54, 1.807) is 6.20 Å². The molecular weight excluding hydrogens is 476 g/mol. The highest BCUT2D eigenvalue weighted by molar-refractivity contribution is 5.78. The molecule has 0 bridgehead atoms. The van der Waals surface area contributed by atoms with E-state index in [4.69, 9.17) is 9.47 Å². The quantitative estimate of drug-likeness (QED) is 0.516. The summed E-state index contributed by atoms with van der Waals surface area (Å²) >= 11 is 0. The Bertz CT molecular complexity index is 1160. The number of fused-ring (bicyclic) bond motifs is 2. The molecule has 0 aliphatic carbocycles. The van der Waals surface area contributed by atoms with Gasteiger partial charge in [0.05, 0.1) is 13.2 Å². The van der Waals surface area contributed by atoms with Gasteiger partial charge in [-0.05, 0) is 62.4 Å². The number of pyridine rings is 1. The third-order valence-corrected chi connectivity index (χ3v) is 7.24. The standard InChI is InChI=1S/C31H38N4O3/c36-30(33-27-15-19-34(20-16-27)22-25-10-3-1-4-11-25)24-35-18-7-2-8-21-37-28-13-5-6-14-29(28)38-31-26(23-35)12-9-17-32-31/h1,3-6,9-14,17,27H,2,7-8,15-16,18-24H2,(H,33,36). The molecule has 0 spiro atoms. The van der Waals surface area contributed by atoms with Crippen LogP contribution in [0.4, 0.5) is 0 Å². The van der Waals surface area contributed by atoms with Crippen LogP contribution in [0.5, 0.6) is 17.4 Å². The second-order valence-electron chi connectivity index (χ2n) is 10.2. The highest BCUT2D eigenvalue weighted by atomic mass is 16.5. The third-order valence-electron chi connectivity index (χ3n) is 7.24. The van der Waals surface area contributed by atoms with E-state index in [0.29, 0.717) is 31.3 Å². The van der Waals surface area contributed by atoms with Crippen molar-refractivity contribution in [2.24, 2.45) is 0 Å². The molecule has 5 rings (SSSR count). The van der Waals surface area contributed by atoms with Gasteiger partial charge in [0.25, 0.3) is 0 Å². The summed E-state index contributed by atoms with van der Waals surface area (Å²) in [6.45, 7) is 5.43. The number of hydrogen-bond acceptors (Lipinski definition) is 6. The van der Waals surface area contributed by atoms with Crippen LogP contribution >= 0.6 is 0 Å². The smallest absolute Gasteiger partial charge is 0.234 e. The number of hydrogen-bond donors (Lipinski definition) is 1. The number of nitrogens with one attached hydrogen (secondary N) is 1. The molecule has 0 atom stereocenters. The van der Waals surface area contributed by atoms with Gasteiger partial charge in [-0.15, -0.1) is 0 Å². The van der Waals surface area contributed by atoms with Gasteiger partial charge in [-0.3, -0.25) is 14.6 Å². The van der Waals surface area contributed by atoms with E-state index in [0.717, 1.165) is 69.6 Å². The molecule has 2 aliphatic heterocycles. The van der Waals surface area contributed by atoms with E-state index in [-0.39, 0.29) is 11.9 Å². The number of para-hydroxylation sites is 2. The van der Waals surface area contributed by atoms with Crippen molar-refractivity contribution < 1.29 is 14.3 Å². The van der Waals surface area contributed by atoms with Crippen LogP contribution in [0.15, 0.2) is 72.9 Å². The van der Waals surface area contributed by atoms with E-state index < -0.39 is 0 Å². The third kappa shape index (κ3) is 7.55. The summed E-state index contributed by atoms with van der Waals surface area (Å²) in [5.74, 6) is 2.04. The van der Waals surface area contributed by atoms with Crippen LogP contribution in [-0.4, -0.2) is 59.5 Å². The molecule has 0 unspecified atom stereocenters. The van der Waals surface area contributed by atoms with Crippen molar-refractivity contribution in [1.82, 2.24) is 20.1 Å². The first-order valence-electron chi connectivity index (χ1n) is 13.8. The number of carbonyl (C=O) groups excluding carboxylic acids is 1. The van der Waals surface area contributed by atoms with Crippen LogP contribution in [0.1, 0.15) is 43.2 Å². The highest BCUT2D eigenvalue weighted by Gasteiger charge is 2.22. The lowest BCUT2D eigenvalue weighted by atomic mass is 10.0. The van der Waals surface area contributed by atoms with Gasteiger partial charge in [0, 0.05) is 44.0 Å². The normalized spacial score (nSPS) is 17.9. The first-order valence-corrected chi connectivity index (χ1v) is 13.8. The van der Waals surface area contributed by atoms with Crippen molar-refractivity contribution in [3.05, 3.63) is 84.1 Å². The van der Waals surface area contributed by atoms with Crippen molar-refractivity contribution >= 4 is 5.91 Å². The Morgan fingerprint density at radius 3 is 2.50 bits per heavy atom. The molecule has 3 heterocycles. The molecule has 1 saturated heterocycles. The topological polar surface area (TPSA) is 66.9 Å². The molecule has 0 saturated carbocycles. The minimum Gasteiger partial charge on any atom is -0.490 e. The maximum Gasteiger partial charge on any atom is 0.234 e. The number of nitrogens with zero attached hydrogens (tertiary/aromatic N) is 3. The van der Waals surface area contributed by atoms with E-state index in [2.05, 4.69) is 50.4 Å². The van der Waals surface area contributed by atoms with Gasteiger partial charge in [-0.2, -0.15) is 0 Å². The zero-order valence-corrected chi connectivity index (χ0v) is 22.1. The molecule has 2 aromatic carbocycles. The second-order valence-corrected chi connectivity index (χ2v) is 10.2.